The van der Waals surface area contributed by atoms with Crippen molar-refractivity contribution in [2.45, 2.75) is 54.4 Å². The number of rotatable bonds is 6. The van der Waals surface area contributed by atoms with Crippen LogP contribution in [-0.2, 0) is 11.2 Å². The fourth-order valence-electron chi connectivity index (χ4n) is 2.06. The van der Waals surface area contributed by atoms with Gasteiger partial charge in [0.25, 0.3) is 6.47 Å². The van der Waals surface area contributed by atoms with Crippen molar-refractivity contribution in [2.75, 3.05) is 6.61 Å². The second kappa shape index (κ2) is 19.8. The summed E-state index contributed by atoms with van der Waals surface area (Å²) >= 11 is 0. The zero-order chi connectivity index (χ0) is 20.9. The molecule has 3 heteroatoms. The summed E-state index contributed by atoms with van der Waals surface area (Å²) in [5.41, 5.74) is 3.88. The molecule has 0 bridgehead atoms. The molecule has 2 aromatic rings. The minimum atomic E-state index is -0.250. The molecule has 0 aromatic heterocycles. The molecule has 0 aliphatic rings. The van der Waals surface area contributed by atoms with Gasteiger partial charge in [-0.1, -0.05) is 88.7 Å². The molecule has 0 spiro atoms. The summed E-state index contributed by atoms with van der Waals surface area (Å²) in [5.74, 6) is 0.950. The quantitative estimate of drug-likeness (QED) is 0.448. The highest BCUT2D eigenvalue weighted by atomic mass is 16.5. The van der Waals surface area contributed by atoms with Crippen LogP contribution < -0.4 is 4.74 Å². The molecule has 1 N–H and O–H groups in total. The van der Waals surface area contributed by atoms with E-state index in [4.69, 9.17) is 14.6 Å². The van der Waals surface area contributed by atoms with Crippen LogP contribution in [0.1, 0.15) is 57.7 Å². The Balaban J connectivity index is 0. The van der Waals surface area contributed by atoms with E-state index in [0.29, 0.717) is 6.61 Å². The lowest BCUT2D eigenvalue weighted by Gasteiger charge is -2.05. The molecule has 0 heterocycles. The Morgan fingerprint density at radius 1 is 1.00 bits per heavy atom. The number of benzene rings is 2. The predicted molar refractivity (Wildman–Crippen MR) is 118 cm³/mol. The molecular weight excluding hydrogens is 336 g/mol. The first kappa shape index (κ1) is 26.7. The molecule has 2 rings (SSSR count). The molecule has 2 aromatic carbocycles. The van der Waals surface area contributed by atoms with E-state index in [1.54, 1.807) is 0 Å². The lowest BCUT2D eigenvalue weighted by Crippen LogP contribution is -1.95. The standard InChI is InChI=1S/C19H22O.2C2H6.CH2O2/c1-3-17-10-12-19(13-11-17)20-14-5-4-8-18-9-6-7-16(2)15-18;2*1-2;2-1-3/h4,6-13,15H,3,5,14H2,1-2H3;2*1-2H3;1H,(H,2,3)/b8-4+;;;. The highest BCUT2D eigenvalue weighted by Crippen LogP contribution is 2.13. The molecule has 0 atom stereocenters. The molecule has 0 aliphatic heterocycles. The van der Waals surface area contributed by atoms with Crippen molar-refractivity contribution < 1.29 is 14.6 Å². The van der Waals surface area contributed by atoms with Gasteiger partial charge in [0.2, 0.25) is 0 Å². The molecule has 0 aliphatic carbocycles. The van der Waals surface area contributed by atoms with Gasteiger partial charge in [0.1, 0.15) is 5.75 Å². The van der Waals surface area contributed by atoms with Crippen molar-refractivity contribution in [3.63, 3.8) is 0 Å². The van der Waals surface area contributed by atoms with E-state index >= 15 is 0 Å². The van der Waals surface area contributed by atoms with Crippen LogP contribution in [0.5, 0.6) is 5.75 Å². The van der Waals surface area contributed by atoms with E-state index < -0.39 is 0 Å². The van der Waals surface area contributed by atoms with Gasteiger partial charge in [0, 0.05) is 0 Å². The monoisotopic (exact) mass is 372 g/mol. The molecule has 0 saturated heterocycles. The highest BCUT2D eigenvalue weighted by molar-refractivity contribution is 5.50. The van der Waals surface area contributed by atoms with Crippen LogP contribution in [0.2, 0.25) is 0 Å². The molecule has 150 valence electrons. The second-order valence-electron chi connectivity index (χ2n) is 5.06. The first-order valence-electron chi connectivity index (χ1n) is 9.72. The van der Waals surface area contributed by atoms with Crippen LogP contribution >= 0.6 is 0 Å². The van der Waals surface area contributed by atoms with Crippen molar-refractivity contribution >= 4 is 12.5 Å². The highest BCUT2D eigenvalue weighted by Gasteiger charge is 1.93. The van der Waals surface area contributed by atoms with Crippen LogP contribution in [0, 0.1) is 6.92 Å². The van der Waals surface area contributed by atoms with Gasteiger partial charge in [-0.3, -0.25) is 4.79 Å². The molecule has 0 amide bonds. The minimum absolute atomic E-state index is 0.250. The van der Waals surface area contributed by atoms with Crippen molar-refractivity contribution in [3.8, 4) is 5.75 Å². The number of aryl methyl sites for hydroxylation is 2. The third-order valence-corrected chi connectivity index (χ3v) is 3.24. The SMILES string of the molecule is CC.CC.CCc1ccc(OCC/C=C/c2cccc(C)c2)cc1.O=CO. The van der Waals surface area contributed by atoms with Crippen LogP contribution in [0.4, 0.5) is 0 Å². The molecule has 0 radical (unpaired) electrons. The Bertz CT molecular complexity index is 601. The average Bonchev–Trinajstić information content (AvgIpc) is 2.72. The summed E-state index contributed by atoms with van der Waals surface area (Å²) in [6.45, 7) is 12.7. The first-order valence-corrected chi connectivity index (χ1v) is 9.72. The molecule has 27 heavy (non-hydrogen) atoms. The number of ether oxygens (including phenoxy) is 1. The maximum atomic E-state index is 8.36. The van der Waals surface area contributed by atoms with Crippen molar-refractivity contribution in [3.05, 3.63) is 71.3 Å². The maximum absolute atomic E-state index is 8.36. The lowest BCUT2D eigenvalue weighted by atomic mass is 10.1. The topological polar surface area (TPSA) is 46.5 Å². The van der Waals surface area contributed by atoms with E-state index in [2.05, 4.69) is 62.4 Å². The Morgan fingerprint density at radius 2 is 1.59 bits per heavy atom. The van der Waals surface area contributed by atoms with Crippen LogP contribution in [-0.4, -0.2) is 18.2 Å². The van der Waals surface area contributed by atoms with E-state index in [9.17, 15) is 0 Å². The Kier molecular flexibility index (Phi) is 19.5. The summed E-state index contributed by atoms with van der Waals surface area (Å²) in [4.78, 5) is 8.36. The number of carboxylic acid groups (broad SMARTS) is 1. The van der Waals surface area contributed by atoms with Gasteiger partial charge >= 0.3 is 0 Å². The summed E-state index contributed by atoms with van der Waals surface area (Å²) < 4.78 is 5.72. The summed E-state index contributed by atoms with van der Waals surface area (Å²) in [7, 11) is 0. The fraction of sp³-hybridized carbons (Fsp3) is 0.375. The van der Waals surface area contributed by atoms with Crippen LogP contribution in [0.25, 0.3) is 6.08 Å². The number of hydrogen-bond acceptors (Lipinski definition) is 2. The van der Waals surface area contributed by atoms with Gasteiger partial charge in [-0.25, -0.2) is 0 Å². The molecule has 3 nitrogen and oxygen atoms in total. The van der Waals surface area contributed by atoms with Crippen LogP contribution in [0.3, 0.4) is 0 Å². The van der Waals surface area contributed by atoms with Crippen molar-refractivity contribution in [1.82, 2.24) is 0 Å². The van der Waals surface area contributed by atoms with E-state index in [1.165, 1.54) is 16.7 Å². The fourth-order valence-corrected chi connectivity index (χ4v) is 2.06. The van der Waals surface area contributed by atoms with Crippen molar-refractivity contribution in [2.24, 2.45) is 0 Å². The smallest absolute Gasteiger partial charge is 0.290 e. The first-order chi connectivity index (χ1) is 13.2. The van der Waals surface area contributed by atoms with Gasteiger partial charge in [-0.05, 0) is 43.0 Å². The maximum Gasteiger partial charge on any atom is 0.290 e. The summed E-state index contributed by atoms with van der Waals surface area (Å²) in [6, 6.07) is 16.8. The van der Waals surface area contributed by atoms with Crippen molar-refractivity contribution in [1.29, 1.82) is 0 Å². The second-order valence-corrected chi connectivity index (χ2v) is 5.06. The van der Waals surface area contributed by atoms with E-state index in [-0.39, 0.29) is 6.47 Å². The summed E-state index contributed by atoms with van der Waals surface area (Å²) in [6.07, 6.45) is 6.30. The molecule has 0 fully saturated rings. The minimum Gasteiger partial charge on any atom is -0.493 e. The van der Waals surface area contributed by atoms with Gasteiger partial charge in [-0.2, -0.15) is 0 Å². The Morgan fingerprint density at radius 3 is 2.11 bits per heavy atom. The normalized spacial score (nSPS) is 8.96. The zero-order valence-corrected chi connectivity index (χ0v) is 17.7. The van der Waals surface area contributed by atoms with E-state index in [0.717, 1.165) is 18.6 Å². The summed E-state index contributed by atoms with van der Waals surface area (Å²) in [5, 5.41) is 6.89. The number of carbonyl (C=O) groups is 1. The Labute approximate surface area is 165 Å². The van der Waals surface area contributed by atoms with Gasteiger partial charge < -0.3 is 9.84 Å². The van der Waals surface area contributed by atoms with Gasteiger partial charge in [-0.15, -0.1) is 0 Å². The van der Waals surface area contributed by atoms with E-state index in [1.807, 2.05) is 39.8 Å². The third kappa shape index (κ3) is 14.3. The molecular formula is C24H36O3. The predicted octanol–water partition coefficient (Wildman–Crippen LogP) is 6.79. The molecule has 0 unspecified atom stereocenters. The van der Waals surface area contributed by atoms with Gasteiger partial charge in [0.15, 0.2) is 0 Å². The number of hydrogen-bond donors (Lipinski definition) is 1. The Hall–Kier alpha value is -2.55. The third-order valence-electron chi connectivity index (χ3n) is 3.24. The largest absolute Gasteiger partial charge is 0.493 e. The average molecular weight is 373 g/mol. The molecule has 0 saturated carbocycles. The zero-order valence-electron chi connectivity index (χ0n) is 17.7. The lowest BCUT2D eigenvalue weighted by molar-refractivity contribution is -0.122. The van der Waals surface area contributed by atoms with Crippen LogP contribution in [0.15, 0.2) is 54.6 Å². The van der Waals surface area contributed by atoms with Gasteiger partial charge in [0.05, 0.1) is 6.61 Å².